The lowest BCUT2D eigenvalue weighted by atomic mass is 9.92. The van der Waals surface area contributed by atoms with Crippen LogP contribution in [0.2, 0.25) is 5.54 Å². The summed E-state index contributed by atoms with van der Waals surface area (Å²) in [5.41, 5.74) is 0.854. The standard InChI is InChI=1S/C11H22OSi/c1-9(2)12-13-10(3)11-7-5-4-6-8-11/h4-5,9-11H,6-8,13H2,1-3H3. The minimum absolute atomic E-state index is 0.291. The van der Waals surface area contributed by atoms with Gasteiger partial charge >= 0.3 is 0 Å². The van der Waals surface area contributed by atoms with Gasteiger partial charge in [0.05, 0.1) is 0 Å². The van der Waals surface area contributed by atoms with E-state index in [2.05, 4.69) is 32.9 Å². The molecule has 0 saturated carbocycles. The van der Waals surface area contributed by atoms with Crippen molar-refractivity contribution >= 4 is 9.76 Å². The van der Waals surface area contributed by atoms with Crippen molar-refractivity contribution in [3.63, 3.8) is 0 Å². The zero-order chi connectivity index (χ0) is 9.68. The van der Waals surface area contributed by atoms with E-state index in [1.807, 2.05) is 0 Å². The lowest BCUT2D eigenvalue weighted by molar-refractivity contribution is 0.244. The maximum absolute atomic E-state index is 5.77. The topological polar surface area (TPSA) is 9.23 Å². The summed E-state index contributed by atoms with van der Waals surface area (Å²) in [7, 11) is -0.291. The summed E-state index contributed by atoms with van der Waals surface area (Å²) < 4.78 is 5.77. The van der Waals surface area contributed by atoms with E-state index in [0.717, 1.165) is 11.5 Å². The second-order valence-corrected chi connectivity index (χ2v) is 6.36. The van der Waals surface area contributed by atoms with Crippen LogP contribution in [0.5, 0.6) is 0 Å². The maximum atomic E-state index is 5.77. The molecule has 1 nitrogen and oxygen atoms in total. The summed E-state index contributed by atoms with van der Waals surface area (Å²) in [6.07, 6.45) is 9.04. The van der Waals surface area contributed by atoms with Crippen molar-refractivity contribution in [1.82, 2.24) is 0 Å². The van der Waals surface area contributed by atoms with E-state index in [4.69, 9.17) is 4.43 Å². The molecule has 0 amide bonds. The van der Waals surface area contributed by atoms with Gasteiger partial charge in [0, 0.05) is 6.10 Å². The van der Waals surface area contributed by atoms with Crippen LogP contribution in [0.3, 0.4) is 0 Å². The van der Waals surface area contributed by atoms with Gasteiger partial charge in [-0.1, -0.05) is 19.1 Å². The van der Waals surface area contributed by atoms with Crippen LogP contribution < -0.4 is 0 Å². The molecule has 0 fully saturated rings. The fraction of sp³-hybridized carbons (Fsp3) is 0.818. The summed E-state index contributed by atoms with van der Waals surface area (Å²) in [6, 6.07) is 0. The van der Waals surface area contributed by atoms with Crippen molar-refractivity contribution in [2.75, 3.05) is 0 Å². The van der Waals surface area contributed by atoms with Crippen molar-refractivity contribution in [3.8, 4) is 0 Å². The van der Waals surface area contributed by atoms with Crippen molar-refractivity contribution in [2.45, 2.75) is 51.7 Å². The SMILES string of the molecule is CC(C)O[SiH2]C(C)C1CC=CCC1. The lowest BCUT2D eigenvalue weighted by Crippen LogP contribution is -2.18. The van der Waals surface area contributed by atoms with Crippen molar-refractivity contribution in [1.29, 1.82) is 0 Å². The molecule has 13 heavy (non-hydrogen) atoms. The molecule has 1 rings (SSSR count). The van der Waals surface area contributed by atoms with Gasteiger partial charge in [-0.2, -0.15) is 0 Å². The van der Waals surface area contributed by atoms with E-state index in [0.29, 0.717) is 6.10 Å². The molecule has 2 heteroatoms. The summed E-state index contributed by atoms with van der Waals surface area (Å²) in [6.45, 7) is 6.65. The first kappa shape index (κ1) is 11.0. The van der Waals surface area contributed by atoms with Crippen LogP contribution in [0.15, 0.2) is 12.2 Å². The molecule has 2 unspecified atom stereocenters. The molecule has 1 aliphatic rings. The molecule has 0 spiro atoms. The number of hydrogen-bond acceptors (Lipinski definition) is 1. The normalized spacial score (nSPS) is 26.0. The molecule has 0 aromatic carbocycles. The predicted molar refractivity (Wildman–Crippen MR) is 60.7 cm³/mol. The molecule has 0 aromatic rings. The zero-order valence-corrected chi connectivity index (χ0v) is 10.5. The van der Waals surface area contributed by atoms with Crippen molar-refractivity contribution in [2.24, 2.45) is 5.92 Å². The minimum Gasteiger partial charge on any atom is -0.421 e. The van der Waals surface area contributed by atoms with Gasteiger partial charge < -0.3 is 4.43 Å². The lowest BCUT2D eigenvalue weighted by Gasteiger charge is -2.25. The summed E-state index contributed by atoms with van der Waals surface area (Å²) in [5, 5.41) is 0. The van der Waals surface area contributed by atoms with E-state index in [9.17, 15) is 0 Å². The van der Waals surface area contributed by atoms with E-state index in [1.54, 1.807) is 0 Å². The third-order valence-electron chi connectivity index (χ3n) is 2.81. The zero-order valence-electron chi connectivity index (χ0n) is 9.12. The fourth-order valence-electron chi connectivity index (χ4n) is 1.81. The van der Waals surface area contributed by atoms with Crippen molar-refractivity contribution in [3.05, 3.63) is 12.2 Å². The highest BCUT2D eigenvalue weighted by Crippen LogP contribution is 2.29. The second-order valence-electron chi connectivity index (χ2n) is 4.40. The highest BCUT2D eigenvalue weighted by atomic mass is 28.2. The third-order valence-corrected chi connectivity index (χ3v) is 4.86. The molecule has 1 aliphatic carbocycles. The summed E-state index contributed by atoms with van der Waals surface area (Å²) in [4.78, 5) is 0. The Morgan fingerprint density at radius 2 is 2.08 bits per heavy atom. The van der Waals surface area contributed by atoms with E-state index in [1.165, 1.54) is 19.3 Å². The fourth-order valence-corrected chi connectivity index (χ4v) is 3.20. The van der Waals surface area contributed by atoms with Crippen LogP contribution in [-0.2, 0) is 4.43 Å². The Morgan fingerprint density at radius 1 is 1.31 bits per heavy atom. The van der Waals surface area contributed by atoms with Gasteiger partial charge in [0.15, 0.2) is 9.76 Å². The Bertz CT molecular complexity index is 165. The van der Waals surface area contributed by atoms with Gasteiger partial charge in [0.1, 0.15) is 0 Å². The number of allylic oxidation sites excluding steroid dienone is 2. The Morgan fingerprint density at radius 3 is 2.62 bits per heavy atom. The smallest absolute Gasteiger partial charge is 0.165 e. The molecule has 0 heterocycles. The molecule has 0 radical (unpaired) electrons. The molecule has 0 bridgehead atoms. The van der Waals surface area contributed by atoms with Crippen molar-refractivity contribution < 1.29 is 4.43 Å². The first-order valence-corrected chi connectivity index (χ1v) is 6.86. The predicted octanol–water partition coefficient (Wildman–Crippen LogP) is 2.66. The monoisotopic (exact) mass is 198 g/mol. The molecule has 0 saturated heterocycles. The minimum atomic E-state index is -0.291. The van der Waals surface area contributed by atoms with Crippen LogP contribution in [0, 0.1) is 5.92 Å². The molecule has 0 N–H and O–H groups in total. The average Bonchev–Trinajstić information content (AvgIpc) is 2.15. The van der Waals surface area contributed by atoms with Gasteiger partial charge in [0.25, 0.3) is 0 Å². The van der Waals surface area contributed by atoms with Crippen LogP contribution in [0.25, 0.3) is 0 Å². The molecular weight excluding hydrogens is 176 g/mol. The summed E-state index contributed by atoms with van der Waals surface area (Å²) in [5.74, 6) is 0.912. The first-order valence-electron chi connectivity index (χ1n) is 5.46. The van der Waals surface area contributed by atoms with Gasteiger partial charge in [0.2, 0.25) is 0 Å². The average molecular weight is 198 g/mol. The van der Waals surface area contributed by atoms with Gasteiger partial charge in [-0.15, -0.1) is 0 Å². The number of rotatable bonds is 4. The number of hydrogen-bond donors (Lipinski definition) is 0. The van der Waals surface area contributed by atoms with Crippen LogP contribution >= 0.6 is 0 Å². The van der Waals surface area contributed by atoms with Crippen LogP contribution in [0.1, 0.15) is 40.0 Å². The largest absolute Gasteiger partial charge is 0.421 e. The Kier molecular flexibility index (Phi) is 4.74. The van der Waals surface area contributed by atoms with E-state index >= 15 is 0 Å². The highest BCUT2D eigenvalue weighted by Gasteiger charge is 2.18. The molecule has 0 aliphatic heterocycles. The second kappa shape index (κ2) is 5.61. The Balaban J connectivity index is 2.22. The van der Waals surface area contributed by atoms with Gasteiger partial charge in [-0.3, -0.25) is 0 Å². The highest BCUT2D eigenvalue weighted by molar-refractivity contribution is 6.29. The molecule has 76 valence electrons. The Labute approximate surface area is 84.5 Å². The quantitative estimate of drug-likeness (QED) is 0.498. The van der Waals surface area contributed by atoms with E-state index in [-0.39, 0.29) is 9.76 Å². The maximum Gasteiger partial charge on any atom is 0.165 e. The third kappa shape index (κ3) is 4.10. The molecular formula is C11H22OSi. The molecule has 0 aromatic heterocycles. The first-order chi connectivity index (χ1) is 6.20. The van der Waals surface area contributed by atoms with Crippen LogP contribution in [0.4, 0.5) is 0 Å². The van der Waals surface area contributed by atoms with Crippen LogP contribution in [-0.4, -0.2) is 15.9 Å². The Hall–Kier alpha value is -0.0831. The summed E-state index contributed by atoms with van der Waals surface area (Å²) >= 11 is 0. The van der Waals surface area contributed by atoms with Gasteiger partial charge in [-0.05, 0) is 44.6 Å². The molecule has 2 atom stereocenters. The van der Waals surface area contributed by atoms with Gasteiger partial charge in [-0.25, -0.2) is 0 Å². The van der Waals surface area contributed by atoms with E-state index < -0.39 is 0 Å².